The molecule has 7 heteroatoms. The molecule has 106 valence electrons. The molecule has 1 aromatic heterocycles. The van der Waals surface area contributed by atoms with Crippen molar-refractivity contribution in [2.45, 2.75) is 6.54 Å². The fourth-order valence-electron chi connectivity index (χ4n) is 2.23. The molecule has 0 atom stereocenters. The lowest BCUT2D eigenvalue weighted by Crippen LogP contribution is -2.29. The number of fused-ring (bicyclic) bond motifs is 1. The van der Waals surface area contributed by atoms with E-state index in [1.807, 2.05) is 0 Å². The Hall–Kier alpha value is -2.34. The van der Waals surface area contributed by atoms with E-state index in [9.17, 15) is 18.4 Å². The molecule has 1 aromatic carbocycles. The van der Waals surface area contributed by atoms with Crippen molar-refractivity contribution in [2.75, 3.05) is 4.90 Å². The van der Waals surface area contributed by atoms with Crippen LogP contribution in [0.1, 0.15) is 15.9 Å². The first-order chi connectivity index (χ1) is 9.97. The van der Waals surface area contributed by atoms with Gasteiger partial charge in [-0.25, -0.2) is 13.8 Å². The Balaban J connectivity index is 2.05. The Morgan fingerprint density at radius 1 is 1.19 bits per heavy atom. The average molecular weight is 309 g/mol. The Bertz CT molecular complexity index is 780. The molecular weight excluding hydrogens is 302 g/mol. The minimum absolute atomic E-state index is 0.0532. The van der Waals surface area contributed by atoms with Gasteiger partial charge in [-0.3, -0.25) is 14.5 Å². The Labute approximate surface area is 123 Å². The number of carbonyl (C=O) groups excluding carboxylic acids is 2. The highest BCUT2D eigenvalue weighted by Gasteiger charge is 2.38. The van der Waals surface area contributed by atoms with Gasteiger partial charge in [0.2, 0.25) is 0 Å². The van der Waals surface area contributed by atoms with E-state index in [-0.39, 0.29) is 22.9 Å². The van der Waals surface area contributed by atoms with E-state index < -0.39 is 23.3 Å². The standard InChI is InChI=1S/C14H7ClF2N2O2/c15-11-3-7(1-2-18-11)6-19-12-9(13(20)14(19)21)4-8(16)5-10(12)17/h1-5H,6H2. The summed E-state index contributed by atoms with van der Waals surface area (Å²) in [5.74, 6) is -3.68. The highest BCUT2D eigenvalue weighted by Crippen LogP contribution is 2.33. The average Bonchev–Trinajstić information content (AvgIpc) is 2.64. The quantitative estimate of drug-likeness (QED) is 0.633. The molecule has 21 heavy (non-hydrogen) atoms. The number of ketones is 1. The molecule has 0 aliphatic carbocycles. The number of hydrogen-bond acceptors (Lipinski definition) is 3. The maximum Gasteiger partial charge on any atom is 0.299 e. The van der Waals surface area contributed by atoms with Crippen LogP contribution in [0.2, 0.25) is 5.15 Å². The molecule has 0 bridgehead atoms. The topological polar surface area (TPSA) is 50.3 Å². The van der Waals surface area contributed by atoms with Gasteiger partial charge in [0.25, 0.3) is 11.7 Å². The highest BCUT2D eigenvalue weighted by molar-refractivity contribution is 6.52. The number of Topliss-reactive ketones (excluding diaryl/α,β-unsaturated/α-hetero) is 1. The second kappa shape index (κ2) is 4.89. The number of rotatable bonds is 2. The third kappa shape index (κ3) is 2.27. The second-order valence-corrected chi connectivity index (χ2v) is 4.88. The van der Waals surface area contributed by atoms with E-state index in [4.69, 9.17) is 11.6 Å². The maximum atomic E-state index is 13.9. The number of pyridine rings is 1. The summed E-state index contributed by atoms with van der Waals surface area (Å²) < 4.78 is 27.1. The summed E-state index contributed by atoms with van der Waals surface area (Å²) in [4.78, 5) is 28.5. The molecule has 2 aromatic rings. The lowest BCUT2D eigenvalue weighted by atomic mass is 10.1. The van der Waals surface area contributed by atoms with E-state index in [0.29, 0.717) is 11.6 Å². The minimum atomic E-state index is -0.954. The predicted octanol–water partition coefficient (Wildman–Crippen LogP) is 2.74. The Morgan fingerprint density at radius 3 is 2.67 bits per heavy atom. The molecule has 0 radical (unpaired) electrons. The lowest BCUT2D eigenvalue weighted by Gasteiger charge is -2.17. The molecule has 0 saturated carbocycles. The van der Waals surface area contributed by atoms with Crippen molar-refractivity contribution in [3.05, 3.63) is 58.4 Å². The van der Waals surface area contributed by atoms with Gasteiger partial charge in [-0.15, -0.1) is 0 Å². The van der Waals surface area contributed by atoms with Crippen LogP contribution >= 0.6 is 11.6 Å². The van der Waals surface area contributed by atoms with Crippen molar-refractivity contribution in [3.63, 3.8) is 0 Å². The largest absolute Gasteiger partial charge is 0.299 e. The molecule has 1 aliphatic rings. The molecule has 4 nitrogen and oxygen atoms in total. The van der Waals surface area contributed by atoms with Crippen LogP contribution < -0.4 is 4.90 Å². The van der Waals surface area contributed by atoms with E-state index in [0.717, 1.165) is 11.0 Å². The van der Waals surface area contributed by atoms with E-state index in [1.54, 1.807) is 6.07 Å². The summed E-state index contributed by atoms with van der Waals surface area (Å²) in [6, 6.07) is 4.58. The van der Waals surface area contributed by atoms with Gasteiger partial charge in [-0.05, 0) is 23.8 Å². The van der Waals surface area contributed by atoms with Crippen molar-refractivity contribution in [1.29, 1.82) is 0 Å². The normalized spacial score (nSPS) is 13.8. The van der Waals surface area contributed by atoms with Crippen molar-refractivity contribution in [1.82, 2.24) is 4.98 Å². The van der Waals surface area contributed by atoms with Crippen LogP contribution in [0.4, 0.5) is 14.5 Å². The highest BCUT2D eigenvalue weighted by atomic mass is 35.5. The number of aromatic nitrogens is 1. The molecule has 1 amide bonds. The Morgan fingerprint density at radius 2 is 1.95 bits per heavy atom. The molecule has 0 fully saturated rings. The monoisotopic (exact) mass is 308 g/mol. The van der Waals surface area contributed by atoms with Crippen LogP contribution in [0, 0.1) is 11.6 Å². The number of halogens is 3. The van der Waals surface area contributed by atoms with Crippen molar-refractivity contribution in [3.8, 4) is 0 Å². The third-order valence-electron chi connectivity index (χ3n) is 3.11. The molecule has 0 N–H and O–H groups in total. The molecule has 3 rings (SSSR count). The number of nitrogens with zero attached hydrogens (tertiary/aromatic N) is 2. The van der Waals surface area contributed by atoms with Crippen LogP contribution in [-0.2, 0) is 11.3 Å². The first-order valence-corrected chi connectivity index (χ1v) is 6.31. The molecule has 2 heterocycles. The first-order valence-electron chi connectivity index (χ1n) is 5.93. The van der Waals surface area contributed by atoms with Gasteiger partial charge in [0, 0.05) is 12.3 Å². The summed E-state index contributed by atoms with van der Waals surface area (Å²) in [5, 5.41) is 0.213. The third-order valence-corrected chi connectivity index (χ3v) is 3.32. The zero-order valence-corrected chi connectivity index (χ0v) is 11.2. The molecule has 1 aliphatic heterocycles. The SMILES string of the molecule is O=C1C(=O)N(Cc2ccnc(Cl)c2)c2c(F)cc(F)cc21. The van der Waals surface area contributed by atoms with Gasteiger partial charge in [-0.1, -0.05) is 11.6 Å². The predicted molar refractivity (Wildman–Crippen MR) is 71.1 cm³/mol. The van der Waals surface area contributed by atoms with Crippen LogP contribution in [0.15, 0.2) is 30.5 Å². The van der Waals surface area contributed by atoms with Crippen LogP contribution in [-0.4, -0.2) is 16.7 Å². The summed E-state index contributed by atoms with van der Waals surface area (Å²) in [6.07, 6.45) is 1.43. The Kier molecular flexibility index (Phi) is 3.17. The summed E-state index contributed by atoms with van der Waals surface area (Å²) in [7, 11) is 0. The van der Waals surface area contributed by atoms with E-state index in [2.05, 4.69) is 4.98 Å². The zero-order chi connectivity index (χ0) is 15.1. The number of hydrogen-bond donors (Lipinski definition) is 0. The minimum Gasteiger partial charge on any atom is -0.298 e. The van der Waals surface area contributed by atoms with Crippen molar-refractivity contribution < 1.29 is 18.4 Å². The van der Waals surface area contributed by atoms with Gasteiger partial charge >= 0.3 is 0 Å². The summed E-state index contributed by atoms with van der Waals surface area (Å²) in [5.41, 5.74) is 0.102. The van der Waals surface area contributed by atoms with E-state index >= 15 is 0 Å². The first kappa shape index (κ1) is 13.6. The van der Waals surface area contributed by atoms with Crippen LogP contribution in [0.3, 0.4) is 0 Å². The molecule has 0 unspecified atom stereocenters. The van der Waals surface area contributed by atoms with Gasteiger partial charge < -0.3 is 0 Å². The van der Waals surface area contributed by atoms with Gasteiger partial charge in [-0.2, -0.15) is 0 Å². The second-order valence-electron chi connectivity index (χ2n) is 4.49. The fraction of sp³-hybridized carbons (Fsp3) is 0.0714. The van der Waals surface area contributed by atoms with Gasteiger partial charge in [0.1, 0.15) is 11.0 Å². The van der Waals surface area contributed by atoms with Gasteiger partial charge in [0.05, 0.1) is 17.8 Å². The fourth-order valence-corrected chi connectivity index (χ4v) is 2.42. The number of carbonyl (C=O) groups is 2. The zero-order valence-electron chi connectivity index (χ0n) is 10.4. The van der Waals surface area contributed by atoms with Crippen molar-refractivity contribution >= 4 is 29.0 Å². The number of anilines is 1. The summed E-state index contributed by atoms with van der Waals surface area (Å²) >= 11 is 5.74. The lowest BCUT2D eigenvalue weighted by molar-refractivity contribution is -0.114. The molecular formula is C14H7ClF2N2O2. The smallest absolute Gasteiger partial charge is 0.298 e. The maximum absolute atomic E-state index is 13.9. The van der Waals surface area contributed by atoms with Crippen LogP contribution in [0.5, 0.6) is 0 Å². The van der Waals surface area contributed by atoms with E-state index in [1.165, 1.54) is 12.3 Å². The van der Waals surface area contributed by atoms with Crippen molar-refractivity contribution in [2.24, 2.45) is 0 Å². The number of benzene rings is 1. The van der Waals surface area contributed by atoms with Crippen LogP contribution in [0.25, 0.3) is 0 Å². The molecule has 0 spiro atoms. The van der Waals surface area contributed by atoms with Gasteiger partial charge in [0.15, 0.2) is 5.82 Å². The number of amides is 1. The molecule has 0 saturated heterocycles. The summed E-state index contributed by atoms with van der Waals surface area (Å²) in [6.45, 7) is -0.0532.